The highest BCUT2D eigenvalue weighted by Crippen LogP contribution is 2.31. The second-order valence-corrected chi connectivity index (χ2v) is 6.98. The van der Waals surface area contributed by atoms with E-state index < -0.39 is 0 Å². The number of rotatable bonds is 6. The van der Waals surface area contributed by atoms with Crippen LogP contribution in [0.2, 0.25) is 0 Å². The summed E-state index contributed by atoms with van der Waals surface area (Å²) >= 11 is 1.53. The Bertz CT molecular complexity index is 731. The normalized spacial score (nSPS) is 11.7. The highest BCUT2D eigenvalue weighted by molar-refractivity contribution is 8.00. The molecule has 4 nitrogen and oxygen atoms in total. The third-order valence-corrected chi connectivity index (χ3v) is 4.92. The first kappa shape index (κ1) is 18.2. The number of benzene rings is 2. The number of hydrogen-bond donors (Lipinski definition) is 1. The fraction of sp³-hybridized carbons (Fsp3) is 0.316. The summed E-state index contributed by atoms with van der Waals surface area (Å²) in [5.74, 6) is 1.19. The molecular formula is C19H23NO3S. The predicted molar refractivity (Wildman–Crippen MR) is 99.4 cm³/mol. The zero-order valence-electron chi connectivity index (χ0n) is 14.7. The van der Waals surface area contributed by atoms with Gasteiger partial charge in [-0.3, -0.25) is 4.79 Å². The summed E-state index contributed by atoms with van der Waals surface area (Å²) in [5.41, 5.74) is 3.08. The van der Waals surface area contributed by atoms with Crippen molar-refractivity contribution < 1.29 is 14.3 Å². The Labute approximate surface area is 147 Å². The van der Waals surface area contributed by atoms with E-state index in [1.807, 2.05) is 13.0 Å². The lowest BCUT2D eigenvalue weighted by molar-refractivity contribution is -0.115. The molecule has 0 saturated heterocycles. The minimum absolute atomic E-state index is 0.0789. The molecule has 1 unspecified atom stereocenters. The second kappa shape index (κ2) is 8.11. The van der Waals surface area contributed by atoms with E-state index in [0.717, 1.165) is 4.90 Å². The van der Waals surface area contributed by atoms with E-state index >= 15 is 0 Å². The Morgan fingerprint density at radius 2 is 1.79 bits per heavy atom. The van der Waals surface area contributed by atoms with Gasteiger partial charge < -0.3 is 14.8 Å². The number of anilines is 1. The van der Waals surface area contributed by atoms with Crippen LogP contribution in [0.3, 0.4) is 0 Å². The summed E-state index contributed by atoms with van der Waals surface area (Å²) in [4.78, 5) is 13.6. The molecule has 0 radical (unpaired) electrons. The molecule has 0 aromatic heterocycles. The maximum Gasteiger partial charge on any atom is 0.237 e. The summed E-state index contributed by atoms with van der Waals surface area (Å²) in [6, 6.07) is 11.5. The average Bonchev–Trinajstić information content (AvgIpc) is 2.58. The molecule has 5 heteroatoms. The monoisotopic (exact) mass is 345 g/mol. The summed E-state index contributed by atoms with van der Waals surface area (Å²) in [7, 11) is 3.16. The number of carbonyl (C=O) groups is 1. The Balaban J connectivity index is 2.09. The second-order valence-electron chi connectivity index (χ2n) is 5.56. The number of ether oxygens (including phenoxy) is 2. The SMILES string of the molecule is COc1ccc(OC)c(NC(=O)C(C)Sc2ccc(C)c(C)c2)c1. The summed E-state index contributed by atoms with van der Waals surface area (Å²) < 4.78 is 10.5. The van der Waals surface area contributed by atoms with Gasteiger partial charge in [0, 0.05) is 11.0 Å². The van der Waals surface area contributed by atoms with Crippen LogP contribution in [0.4, 0.5) is 5.69 Å². The number of methoxy groups -OCH3 is 2. The molecule has 1 amide bonds. The van der Waals surface area contributed by atoms with Crippen LogP contribution < -0.4 is 14.8 Å². The van der Waals surface area contributed by atoms with Crippen molar-refractivity contribution in [2.24, 2.45) is 0 Å². The number of aryl methyl sites for hydroxylation is 2. The van der Waals surface area contributed by atoms with Crippen LogP contribution in [0.25, 0.3) is 0 Å². The minimum atomic E-state index is -0.233. The van der Waals surface area contributed by atoms with Crippen molar-refractivity contribution in [3.05, 3.63) is 47.5 Å². The van der Waals surface area contributed by atoms with Crippen molar-refractivity contribution >= 4 is 23.4 Å². The number of hydrogen-bond acceptors (Lipinski definition) is 4. The number of thioether (sulfide) groups is 1. The number of nitrogens with one attached hydrogen (secondary N) is 1. The van der Waals surface area contributed by atoms with Crippen molar-refractivity contribution in [2.75, 3.05) is 19.5 Å². The van der Waals surface area contributed by atoms with Crippen LogP contribution in [0.15, 0.2) is 41.3 Å². The van der Waals surface area contributed by atoms with Crippen LogP contribution in [0, 0.1) is 13.8 Å². The van der Waals surface area contributed by atoms with Gasteiger partial charge in [-0.1, -0.05) is 6.07 Å². The van der Waals surface area contributed by atoms with Gasteiger partial charge in [-0.2, -0.15) is 0 Å². The smallest absolute Gasteiger partial charge is 0.237 e. The quantitative estimate of drug-likeness (QED) is 0.786. The lowest BCUT2D eigenvalue weighted by Crippen LogP contribution is -2.22. The molecule has 0 heterocycles. The molecular weight excluding hydrogens is 322 g/mol. The van der Waals surface area contributed by atoms with Crippen LogP contribution in [0.5, 0.6) is 11.5 Å². The van der Waals surface area contributed by atoms with Crippen molar-refractivity contribution in [1.82, 2.24) is 0 Å². The van der Waals surface area contributed by atoms with Crippen LogP contribution in [0.1, 0.15) is 18.1 Å². The fourth-order valence-corrected chi connectivity index (χ4v) is 3.16. The molecule has 2 aromatic carbocycles. The first-order chi connectivity index (χ1) is 11.4. The summed E-state index contributed by atoms with van der Waals surface area (Å²) in [5, 5.41) is 2.68. The largest absolute Gasteiger partial charge is 0.497 e. The average molecular weight is 345 g/mol. The third kappa shape index (κ3) is 4.45. The van der Waals surface area contributed by atoms with Gasteiger partial charge in [0.15, 0.2) is 0 Å². The topological polar surface area (TPSA) is 47.6 Å². The molecule has 1 N–H and O–H groups in total. The van der Waals surface area contributed by atoms with E-state index in [0.29, 0.717) is 17.2 Å². The summed E-state index contributed by atoms with van der Waals surface area (Å²) in [6.07, 6.45) is 0. The van der Waals surface area contributed by atoms with Gasteiger partial charge in [-0.05, 0) is 56.2 Å². The lowest BCUT2D eigenvalue weighted by atomic mass is 10.1. The molecule has 0 aliphatic carbocycles. The summed E-state index contributed by atoms with van der Waals surface area (Å²) in [6.45, 7) is 6.04. The van der Waals surface area contributed by atoms with Crippen molar-refractivity contribution in [3.8, 4) is 11.5 Å². The maximum absolute atomic E-state index is 12.5. The molecule has 2 rings (SSSR count). The van der Waals surface area contributed by atoms with Gasteiger partial charge in [-0.25, -0.2) is 0 Å². The molecule has 1 atom stereocenters. The van der Waals surface area contributed by atoms with E-state index in [-0.39, 0.29) is 11.2 Å². The zero-order chi connectivity index (χ0) is 17.7. The molecule has 24 heavy (non-hydrogen) atoms. The van der Waals surface area contributed by atoms with Crippen molar-refractivity contribution in [3.63, 3.8) is 0 Å². The van der Waals surface area contributed by atoms with Crippen molar-refractivity contribution in [1.29, 1.82) is 0 Å². The number of carbonyl (C=O) groups excluding carboxylic acids is 1. The molecule has 0 spiro atoms. The highest BCUT2D eigenvalue weighted by atomic mass is 32.2. The molecule has 0 aliphatic heterocycles. The van der Waals surface area contributed by atoms with Gasteiger partial charge in [0.25, 0.3) is 0 Å². The molecule has 2 aromatic rings. The molecule has 0 saturated carbocycles. The van der Waals surface area contributed by atoms with Crippen LogP contribution in [-0.2, 0) is 4.79 Å². The Morgan fingerprint density at radius 3 is 2.42 bits per heavy atom. The van der Waals surface area contributed by atoms with Gasteiger partial charge in [0.1, 0.15) is 11.5 Å². The van der Waals surface area contributed by atoms with E-state index in [4.69, 9.17) is 9.47 Å². The first-order valence-corrected chi connectivity index (χ1v) is 8.59. The van der Waals surface area contributed by atoms with E-state index in [1.54, 1.807) is 32.4 Å². The predicted octanol–water partition coefficient (Wildman–Crippen LogP) is 4.44. The van der Waals surface area contributed by atoms with Gasteiger partial charge >= 0.3 is 0 Å². The van der Waals surface area contributed by atoms with E-state index in [2.05, 4.69) is 31.3 Å². The Kier molecular flexibility index (Phi) is 6.15. The van der Waals surface area contributed by atoms with Crippen LogP contribution >= 0.6 is 11.8 Å². The van der Waals surface area contributed by atoms with Gasteiger partial charge in [-0.15, -0.1) is 11.8 Å². The maximum atomic E-state index is 12.5. The lowest BCUT2D eigenvalue weighted by Gasteiger charge is -2.15. The van der Waals surface area contributed by atoms with E-state index in [9.17, 15) is 4.79 Å². The molecule has 0 fully saturated rings. The van der Waals surface area contributed by atoms with Gasteiger partial charge in [0.2, 0.25) is 5.91 Å². The standard InChI is InChI=1S/C19H23NO3S/c1-12-6-8-16(10-13(12)2)24-14(3)19(21)20-17-11-15(22-4)7-9-18(17)23-5/h6-11,14H,1-5H3,(H,20,21). The van der Waals surface area contributed by atoms with Crippen LogP contribution in [-0.4, -0.2) is 25.4 Å². The number of amides is 1. The molecule has 0 aliphatic rings. The fourth-order valence-electron chi connectivity index (χ4n) is 2.19. The Morgan fingerprint density at radius 1 is 1.04 bits per heavy atom. The zero-order valence-corrected chi connectivity index (χ0v) is 15.5. The third-order valence-electron chi connectivity index (χ3n) is 3.82. The molecule has 0 bridgehead atoms. The minimum Gasteiger partial charge on any atom is -0.497 e. The van der Waals surface area contributed by atoms with Crippen molar-refractivity contribution in [2.45, 2.75) is 30.9 Å². The van der Waals surface area contributed by atoms with E-state index in [1.165, 1.54) is 22.9 Å². The molecule has 128 valence electrons. The van der Waals surface area contributed by atoms with Gasteiger partial charge in [0.05, 0.1) is 25.2 Å². The Hall–Kier alpha value is -2.14. The first-order valence-electron chi connectivity index (χ1n) is 7.71. The highest BCUT2D eigenvalue weighted by Gasteiger charge is 2.17.